The minimum Gasteiger partial charge on any atom is -0.334 e. The van der Waals surface area contributed by atoms with Crippen LogP contribution < -0.4 is 27.0 Å². The first-order chi connectivity index (χ1) is 11.2. The Labute approximate surface area is 147 Å². The zero-order valence-electron chi connectivity index (χ0n) is 16.1. The van der Waals surface area contributed by atoms with E-state index in [0.29, 0.717) is 18.5 Å². The third kappa shape index (κ3) is 8.28. The van der Waals surface area contributed by atoms with E-state index in [4.69, 9.17) is 5.73 Å². The molecule has 6 N–H and O–H groups in total. The van der Waals surface area contributed by atoms with Crippen LogP contribution >= 0.6 is 0 Å². The van der Waals surface area contributed by atoms with E-state index in [9.17, 15) is 4.79 Å². The molecular weight excluding hydrogens is 304 g/mol. The Balaban J connectivity index is 2.52. The Hall–Kier alpha value is -0.890. The first-order valence-electron chi connectivity index (χ1n) is 9.13. The number of carbonyl (C=O) groups is 1. The Kier molecular flexibility index (Phi) is 8.97. The van der Waals surface area contributed by atoms with Crippen LogP contribution in [-0.4, -0.2) is 74.9 Å². The van der Waals surface area contributed by atoms with E-state index in [0.717, 1.165) is 39.1 Å². The lowest BCUT2D eigenvalue weighted by Crippen LogP contribution is -2.50. The van der Waals surface area contributed by atoms with E-state index >= 15 is 0 Å². The van der Waals surface area contributed by atoms with Gasteiger partial charge in [-0.2, -0.15) is 0 Å². The van der Waals surface area contributed by atoms with Gasteiger partial charge in [0.05, 0.1) is 0 Å². The number of nitrogens with two attached hydrogens (primary N) is 1. The molecule has 0 bridgehead atoms. The van der Waals surface area contributed by atoms with E-state index in [1.54, 1.807) is 0 Å². The predicted octanol–water partition coefficient (Wildman–Crippen LogP) is -0.0692. The number of nitrogens with one attached hydrogen (secondary N) is 4. The summed E-state index contributed by atoms with van der Waals surface area (Å²) < 4.78 is 0. The van der Waals surface area contributed by atoms with Gasteiger partial charge in [0.2, 0.25) is 0 Å². The van der Waals surface area contributed by atoms with Crippen LogP contribution in [0.5, 0.6) is 0 Å². The van der Waals surface area contributed by atoms with Crippen molar-refractivity contribution in [2.45, 2.75) is 51.7 Å². The Morgan fingerprint density at radius 2 is 2.04 bits per heavy atom. The van der Waals surface area contributed by atoms with E-state index in [2.05, 4.69) is 33.1 Å². The number of amides is 2. The number of likely N-dealkylation sites (N-methyl/N-ethyl adjacent to an activating group) is 1. The molecule has 1 saturated heterocycles. The average molecular weight is 343 g/mol. The molecule has 0 radical (unpaired) electrons. The third-order valence-electron chi connectivity index (χ3n) is 4.23. The van der Waals surface area contributed by atoms with Crippen molar-refractivity contribution in [2.75, 3.05) is 46.3 Å². The van der Waals surface area contributed by atoms with Gasteiger partial charge in [-0.25, -0.2) is 4.79 Å². The highest BCUT2D eigenvalue weighted by Crippen LogP contribution is 2.19. The Morgan fingerprint density at radius 1 is 1.33 bits per heavy atom. The fourth-order valence-electron chi connectivity index (χ4n) is 3.04. The van der Waals surface area contributed by atoms with Gasteiger partial charge in [-0.15, -0.1) is 0 Å². The number of urea groups is 1. The molecule has 1 heterocycles. The van der Waals surface area contributed by atoms with Crippen molar-refractivity contribution in [1.82, 2.24) is 26.2 Å². The molecule has 1 aliphatic heterocycles. The van der Waals surface area contributed by atoms with Crippen LogP contribution in [0.2, 0.25) is 0 Å². The molecule has 7 heteroatoms. The number of rotatable bonds is 9. The van der Waals surface area contributed by atoms with Gasteiger partial charge in [-0.3, -0.25) is 4.90 Å². The van der Waals surface area contributed by atoms with Crippen molar-refractivity contribution in [3.8, 4) is 0 Å². The molecule has 3 atom stereocenters. The normalized spacial score (nSPS) is 23.2. The van der Waals surface area contributed by atoms with E-state index in [1.165, 1.54) is 0 Å². The number of hydrogen-bond donors (Lipinski definition) is 5. The van der Waals surface area contributed by atoms with Gasteiger partial charge in [0.1, 0.15) is 0 Å². The summed E-state index contributed by atoms with van der Waals surface area (Å²) in [5, 5.41) is 12.7. The number of carbonyl (C=O) groups excluding carboxylic acids is 1. The second-order valence-corrected chi connectivity index (χ2v) is 8.04. The summed E-state index contributed by atoms with van der Waals surface area (Å²) >= 11 is 0. The van der Waals surface area contributed by atoms with Crippen LogP contribution in [0.4, 0.5) is 4.79 Å². The molecule has 0 aromatic carbocycles. The molecule has 0 aromatic heterocycles. The maximum absolute atomic E-state index is 12.1. The van der Waals surface area contributed by atoms with Gasteiger partial charge >= 0.3 is 6.03 Å². The highest BCUT2D eigenvalue weighted by atomic mass is 16.2. The summed E-state index contributed by atoms with van der Waals surface area (Å²) in [5.41, 5.74) is 5.57. The topological polar surface area (TPSA) is 94.4 Å². The Bertz CT molecular complexity index is 371. The van der Waals surface area contributed by atoms with Crippen LogP contribution in [0.25, 0.3) is 0 Å². The Morgan fingerprint density at radius 3 is 2.62 bits per heavy atom. The monoisotopic (exact) mass is 342 g/mol. The summed E-state index contributed by atoms with van der Waals surface area (Å²) in [5.74, 6) is 0.465. The number of likely N-dealkylation sites (tertiary alicyclic amines) is 1. The van der Waals surface area contributed by atoms with Crippen molar-refractivity contribution >= 4 is 6.03 Å². The van der Waals surface area contributed by atoms with Gasteiger partial charge in [0.15, 0.2) is 0 Å². The molecule has 0 spiro atoms. The van der Waals surface area contributed by atoms with Gasteiger partial charge in [-0.1, -0.05) is 6.92 Å². The number of nitrogens with zero attached hydrogens (tertiary/aromatic N) is 1. The van der Waals surface area contributed by atoms with E-state index < -0.39 is 0 Å². The summed E-state index contributed by atoms with van der Waals surface area (Å²) in [6.45, 7) is 13.6. The van der Waals surface area contributed by atoms with Gasteiger partial charge in [0, 0.05) is 50.3 Å². The molecule has 1 rings (SSSR count). The zero-order valence-corrected chi connectivity index (χ0v) is 16.1. The van der Waals surface area contributed by atoms with Crippen LogP contribution in [0, 0.1) is 5.92 Å². The smallest absolute Gasteiger partial charge is 0.315 e. The van der Waals surface area contributed by atoms with Crippen molar-refractivity contribution in [2.24, 2.45) is 11.7 Å². The van der Waals surface area contributed by atoms with Gasteiger partial charge in [0.25, 0.3) is 0 Å². The summed E-state index contributed by atoms with van der Waals surface area (Å²) in [4.78, 5) is 14.6. The van der Waals surface area contributed by atoms with E-state index in [-0.39, 0.29) is 17.6 Å². The van der Waals surface area contributed by atoms with Gasteiger partial charge < -0.3 is 27.0 Å². The van der Waals surface area contributed by atoms with Crippen molar-refractivity contribution in [3.05, 3.63) is 0 Å². The fourth-order valence-corrected chi connectivity index (χ4v) is 3.04. The van der Waals surface area contributed by atoms with Crippen molar-refractivity contribution in [1.29, 1.82) is 0 Å². The predicted molar refractivity (Wildman–Crippen MR) is 100 cm³/mol. The first-order valence-corrected chi connectivity index (χ1v) is 9.13. The highest BCUT2D eigenvalue weighted by molar-refractivity contribution is 5.75. The van der Waals surface area contributed by atoms with Gasteiger partial charge in [-0.05, 0) is 46.7 Å². The minimum absolute atomic E-state index is 0.0804. The van der Waals surface area contributed by atoms with Crippen LogP contribution in [-0.2, 0) is 0 Å². The highest BCUT2D eigenvalue weighted by Gasteiger charge is 2.33. The van der Waals surface area contributed by atoms with Crippen molar-refractivity contribution in [3.63, 3.8) is 0 Å². The third-order valence-corrected chi connectivity index (χ3v) is 4.23. The second kappa shape index (κ2) is 10.2. The van der Waals surface area contributed by atoms with E-state index in [1.807, 2.05) is 27.8 Å². The van der Waals surface area contributed by atoms with Crippen LogP contribution in [0.3, 0.4) is 0 Å². The summed E-state index contributed by atoms with van der Waals surface area (Å²) in [6, 6.07) is 0.548. The quantitative estimate of drug-likeness (QED) is 0.378. The molecule has 142 valence electrons. The molecule has 2 amide bonds. The largest absolute Gasteiger partial charge is 0.334 e. The molecule has 24 heavy (non-hydrogen) atoms. The molecular formula is C17H38N6O. The molecule has 0 aromatic rings. The molecule has 0 aliphatic carbocycles. The lowest BCUT2D eigenvalue weighted by molar-refractivity contribution is 0.213. The molecule has 0 saturated carbocycles. The average Bonchev–Trinajstić information content (AvgIpc) is 2.82. The molecule has 1 aliphatic rings. The fraction of sp³-hybridized carbons (Fsp3) is 0.941. The molecule has 1 fully saturated rings. The maximum atomic E-state index is 12.1. The minimum atomic E-state index is -0.218. The zero-order chi connectivity index (χ0) is 18.2. The second-order valence-electron chi connectivity index (χ2n) is 8.04. The first kappa shape index (κ1) is 21.2. The lowest BCUT2D eigenvalue weighted by Gasteiger charge is -2.27. The van der Waals surface area contributed by atoms with Crippen LogP contribution in [0.15, 0.2) is 0 Å². The molecule has 7 nitrogen and oxygen atoms in total. The van der Waals surface area contributed by atoms with Crippen molar-refractivity contribution < 1.29 is 4.79 Å². The maximum Gasteiger partial charge on any atom is 0.315 e. The lowest BCUT2D eigenvalue weighted by atomic mass is 10.1. The number of hydrogen-bond acceptors (Lipinski definition) is 5. The van der Waals surface area contributed by atoms with Crippen LogP contribution in [0.1, 0.15) is 34.1 Å². The standard InChI is InChI=1S/C17H38N6O/c1-13(9-18)11-23-12-14(21-16(24)22-17(2,3)4)8-15(23)10-20-7-6-19-5/h13-15,19-20H,6-12,18H2,1-5H3,(H2,21,22,24)/t13-,14+,15-/m0/s1. The summed E-state index contributed by atoms with van der Waals surface area (Å²) in [6.07, 6.45) is 0.974. The molecule has 0 unspecified atom stereocenters. The SMILES string of the molecule is CNCCNC[C@@H]1C[C@@H](NC(=O)NC(C)(C)C)CN1C[C@@H](C)CN. The summed E-state index contributed by atoms with van der Waals surface area (Å²) in [7, 11) is 1.96.